The zero-order valence-corrected chi connectivity index (χ0v) is 11.1. The number of phenolic OH excluding ortho intramolecular Hbond substituents is 1. The van der Waals surface area contributed by atoms with Crippen molar-refractivity contribution in [3.8, 4) is 5.75 Å². The maximum atomic E-state index is 9.27. The molecule has 0 aliphatic heterocycles. The average molecular weight is 220 g/mol. The molecule has 0 amide bonds. The molecule has 0 aliphatic rings. The van der Waals surface area contributed by atoms with Gasteiger partial charge in [0.2, 0.25) is 0 Å². The largest absolute Gasteiger partial charge is 0.508 e. The molecule has 0 saturated heterocycles. The Morgan fingerprint density at radius 2 is 1.44 bits per heavy atom. The van der Waals surface area contributed by atoms with Gasteiger partial charge in [-0.2, -0.15) is 0 Å². The van der Waals surface area contributed by atoms with Crippen LogP contribution in [0.1, 0.15) is 40.2 Å². The fourth-order valence-electron chi connectivity index (χ4n) is 2.13. The van der Waals surface area contributed by atoms with Gasteiger partial charge in [-0.3, -0.25) is 0 Å². The van der Waals surface area contributed by atoms with E-state index in [4.69, 9.17) is 0 Å². The van der Waals surface area contributed by atoms with Gasteiger partial charge in [0.25, 0.3) is 0 Å². The van der Waals surface area contributed by atoms with Crippen LogP contribution in [0.2, 0.25) is 0 Å². The predicted molar refractivity (Wildman–Crippen MR) is 69.6 cm³/mol. The number of phenols is 1. The molecule has 1 rings (SSSR count). The maximum Gasteiger partial charge on any atom is 0.115 e. The first-order valence-corrected chi connectivity index (χ1v) is 6.14. The molecule has 90 valence electrons. The molecule has 0 atom stereocenters. The summed E-state index contributed by atoms with van der Waals surface area (Å²) in [5, 5.41) is 9.27. The van der Waals surface area contributed by atoms with E-state index in [1.165, 1.54) is 5.56 Å². The Bertz CT molecular complexity index is 314. The van der Waals surface area contributed by atoms with Gasteiger partial charge in [-0.1, -0.05) is 46.8 Å². The van der Waals surface area contributed by atoms with E-state index in [-0.39, 0.29) is 0 Å². The van der Waals surface area contributed by atoms with Crippen LogP contribution in [0.3, 0.4) is 0 Å². The second-order valence-electron chi connectivity index (χ2n) is 5.66. The zero-order valence-electron chi connectivity index (χ0n) is 11.1. The summed E-state index contributed by atoms with van der Waals surface area (Å²) >= 11 is 0. The minimum absolute atomic E-state index is 0.316. The van der Waals surface area contributed by atoms with Crippen molar-refractivity contribution in [1.82, 2.24) is 0 Å². The van der Waals surface area contributed by atoms with Crippen molar-refractivity contribution in [1.29, 1.82) is 0 Å². The van der Waals surface area contributed by atoms with Gasteiger partial charge in [0.15, 0.2) is 0 Å². The molecule has 1 heteroatoms. The standard InChI is InChI=1S/C15H24O/c1-11(2)15(5,12(3)4)10-13-6-8-14(16)9-7-13/h6-9,11-12,16H,10H2,1-5H3. The Hall–Kier alpha value is -0.980. The SMILES string of the molecule is CC(C)C(C)(Cc1ccc(O)cc1)C(C)C. The van der Waals surface area contributed by atoms with Crippen molar-refractivity contribution in [2.24, 2.45) is 17.3 Å². The molecular weight excluding hydrogens is 196 g/mol. The molecule has 16 heavy (non-hydrogen) atoms. The van der Waals surface area contributed by atoms with Gasteiger partial charge in [0, 0.05) is 0 Å². The molecule has 1 N–H and O–H groups in total. The van der Waals surface area contributed by atoms with Crippen molar-refractivity contribution in [2.75, 3.05) is 0 Å². The summed E-state index contributed by atoms with van der Waals surface area (Å²) in [4.78, 5) is 0. The third-order valence-corrected chi connectivity index (χ3v) is 4.16. The lowest BCUT2D eigenvalue weighted by molar-refractivity contribution is 0.137. The van der Waals surface area contributed by atoms with Crippen LogP contribution in [0.4, 0.5) is 0 Å². The molecule has 0 heterocycles. The minimum Gasteiger partial charge on any atom is -0.508 e. The average Bonchev–Trinajstić information content (AvgIpc) is 2.20. The Kier molecular flexibility index (Phi) is 4.01. The number of aromatic hydroxyl groups is 1. The van der Waals surface area contributed by atoms with Crippen LogP contribution in [0, 0.1) is 17.3 Å². The van der Waals surface area contributed by atoms with E-state index in [0.29, 0.717) is 23.0 Å². The van der Waals surface area contributed by atoms with Gasteiger partial charge in [-0.15, -0.1) is 0 Å². The van der Waals surface area contributed by atoms with Gasteiger partial charge < -0.3 is 5.11 Å². The van der Waals surface area contributed by atoms with E-state index >= 15 is 0 Å². The third-order valence-electron chi connectivity index (χ3n) is 4.16. The lowest BCUT2D eigenvalue weighted by Crippen LogP contribution is -2.32. The molecular formula is C15H24O. The van der Waals surface area contributed by atoms with Crippen LogP contribution < -0.4 is 0 Å². The second kappa shape index (κ2) is 4.90. The van der Waals surface area contributed by atoms with Crippen LogP contribution in [-0.4, -0.2) is 5.11 Å². The Morgan fingerprint density at radius 1 is 1.00 bits per heavy atom. The fourth-order valence-corrected chi connectivity index (χ4v) is 2.13. The van der Waals surface area contributed by atoms with Gasteiger partial charge in [-0.05, 0) is 41.4 Å². The van der Waals surface area contributed by atoms with Crippen molar-refractivity contribution < 1.29 is 5.11 Å². The minimum atomic E-state index is 0.316. The summed E-state index contributed by atoms with van der Waals surface area (Å²) in [5.41, 5.74) is 1.62. The summed E-state index contributed by atoms with van der Waals surface area (Å²) in [6.07, 6.45) is 1.07. The van der Waals surface area contributed by atoms with Crippen molar-refractivity contribution in [2.45, 2.75) is 41.0 Å². The quantitative estimate of drug-likeness (QED) is 0.804. The van der Waals surface area contributed by atoms with E-state index < -0.39 is 0 Å². The normalized spacial score (nSPS) is 12.4. The van der Waals surface area contributed by atoms with Gasteiger partial charge in [0.1, 0.15) is 5.75 Å². The highest BCUT2D eigenvalue weighted by Crippen LogP contribution is 2.38. The van der Waals surface area contributed by atoms with E-state index in [1.807, 2.05) is 12.1 Å². The number of hydrogen-bond acceptors (Lipinski definition) is 1. The third kappa shape index (κ3) is 2.78. The number of hydrogen-bond donors (Lipinski definition) is 1. The van der Waals surface area contributed by atoms with Crippen LogP contribution in [0.15, 0.2) is 24.3 Å². The van der Waals surface area contributed by atoms with Crippen LogP contribution in [0.25, 0.3) is 0 Å². The lowest BCUT2D eigenvalue weighted by Gasteiger charge is -2.38. The molecule has 1 aromatic carbocycles. The summed E-state index contributed by atoms with van der Waals surface area (Å²) < 4.78 is 0. The van der Waals surface area contributed by atoms with Crippen LogP contribution in [0.5, 0.6) is 5.75 Å². The van der Waals surface area contributed by atoms with Crippen LogP contribution >= 0.6 is 0 Å². The maximum absolute atomic E-state index is 9.27. The van der Waals surface area contributed by atoms with Gasteiger partial charge >= 0.3 is 0 Å². The predicted octanol–water partition coefficient (Wildman–Crippen LogP) is 4.25. The van der Waals surface area contributed by atoms with Crippen molar-refractivity contribution >= 4 is 0 Å². The molecule has 0 aromatic heterocycles. The van der Waals surface area contributed by atoms with E-state index in [9.17, 15) is 5.11 Å². The molecule has 1 aromatic rings. The zero-order chi connectivity index (χ0) is 12.3. The molecule has 0 saturated carbocycles. The molecule has 0 aliphatic carbocycles. The highest BCUT2D eigenvalue weighted by molar-refractivity contribution is 5.26. The molecule has 0 unspecified atom stereocenters. The summed E-state index contributed by atoms with van der Waals surface area (Å²) in [5.74, 6) is 1.65. The topological polar surface area (TPSA) is 20.2 Å². The van der Waals surface area contributed by atoms with E-state index in [0.717, 1.165) is 6.42 Å². The van der Waals surface area contributed by atoms with E-state index in [1.54, 1.807) is 12.1 Å². The fraction of sp³-hybridized carbons (Fsp3) is 0.600. The first kappa shape index (κ1) is 13.1. The highest BCUT2D eigenvalue weighted by Gasteiger charge is 2.31. The highest BCUT2D eigenvalue weighted by atomic mass is 16.3. The lowest BCUT2D eigenvalue weighted by atomic mass is 9.67. The van der Waals surface area contributed by atoms with Gasteiger partial charge in [0.05, 0.1) is 0 Å². The Balaban J connectivity index is 2.88. The van der Waals surface area contributed by atoms with Gasteiger partial charge in [-0.25, -0.2) is 0 Å². The Labute approximate surface area is 99.5 Å². The van der Waals surface area contributed by atoms with Crippen molar-refractivity contribution in [3.63, 3.8) is 0 Å². The van der Waals surface area contributed by atoms with Crippen molar-refractivity contribution in [3.05, 3.63) is 29.8 Å². The van der Waals surface area contributed by atoms with Crippen LogP contribution in [-0.2, 0) is 6.42 Å². The smallest absolute Gasteiger partial charge is 0.115 e. The number of rotatable bonds is 4. The summed E-state index contributed by atoms with van der Waals surface area (Å²) in [6.45, 7) is 11.5. The number of benzene rings is 1. The summed E-state index contributed by atoms with van der Waals surface area (Å²) in [7, 11) is 0. The Morgan fingerprint density at radius 3 is 1.81 bits per heavy atom. The molecule has 0 fully saturated rings. The first-order chi connectivity index (χ1) is 7.36. The molecule has 0 spiro atoms. The molecule has 0 radical (unpaired) electrons. The first-order valence-electron chi connectivity index (χ1n) is 6.14. The molecule has 1 nitrogen and oxygen atoms in total. The second-order valence-corrected chi connectivity index (χ2v) is 5.66. The summed E-state index contributed by atoms with van der Waals surface area (Å²) in [6, 6.07) is 7.60. The monoisotopic (exact) mass is 220 g/mol. The van der Waals surface area contributed by atoms with E-state index in [2.05, 4.69) is 34.6 Å². The molecule has 0 bridgehead atoms.